The molecule has 0 bridgehead atoms. The molecule has 0 N–H and O–H groups in total. The Morgan fingerprint density at radius 3 is 2.07 bits per heavy atom. The Balaban J connectivity index is 0. The molecule has 0 unspecified atom stereocenters. The van der Waals surface area contributed by atoms with Crippen LogP contribution in [0.3, 0.4) is 0 Å². The van der Waals surface area contributed by atoms with Gasteiger partial charge >= 0.3 is 11.9 Å². The number of carbonyl (C=O) groups is 2. The zero-order chi connectivity index (χ0) is 12.1. The second kappa shape index (κ2) is 12.8. The number of carbonyl (C=O) groups excluding carboxylic acids is 2. The second-order valence-electron chi connectivity index (χ2n) is 2.34. The Morgan fingerprint density at radius 1 is 1.27 bits per heavy atom. The number of thiol groups is 1. The van der Waals surface area contributed by atoms with Gasteiger partial charge in [-0.1, -0.05) is 26.5 Å². The van der Waals surface area contributed by atoms with E-state index >= 15 is 0 Å². The summed E-state index contributed by atoms with van der Waals surface area (Å²) in [6, 6.07) is 0. The van der Waals surface area contributed by atoms with Crippen LogP contribution < -0.4 is 0 Å². The zero-order valence-electron chi connectivity index (χ0n) is 8.77. The average molecular weight is 232 g/mol. The molecule has 0 saturated carbocycles. The molecular formula is C10H16O4S. The van der Waals surface area contributed by atoms with Gasteiger partial charge in [0, 0.05) is 25.1 Å². The van der Waals surface area contributed by atoms with Crippen LogP contribution >= 0.6 is 12.9 Å². The van der Waals surface area contributed by atoms with E-state index in [1.54, 1.807) is 0 Å². The number of rotatable bonds is 5. The Bertz CT molecular complexity index is 213. The first kappa shape index (κ1) is 16.2. The number of ether oxygens (including phenoxy) is 1. The first-order valence-electron chi connectivity index (χ1n) is 4.39. The molecule has 86 valence electrons. The smallest absolute Gasteiger partial charge is 0.341 e. The van der Waals surface area contributed by atoms with Crippen molar-refractivity contribution in [2.24, 2.45) is 0 Å². The van der Waals surface area contributed by atoms with E-state index < -0.39 is 5.97 Å². The predicted octanol–water partition coefficient (Wildman–Crippen LogP) is 2.08. The second-order valence-corrected chi connectivity index (χ2v) is 2.52. The summed E-state index contributed by atoms with van der Waals surface area (Å²) >= 11 is 3.17. The lowest BCUT2D eigenvalue weighted by Gasteiger charge is -1.97. The van der Waals surface area contributed by atoms with Crippen molar-refractivity contribution in [2.45, 2.75) is 19.8 Å². The molecule has 0 fully saturated rings. The van der Waals surface area contributed by atoms with Crippen molar-refractivity contribution in [3.8, 4) is 0 Å². The largest absolute Gasteiger partial charge is 0.463 e. The van der Waals surface area contributed by atoms with Crippen molar-refractivity contribution < 1.29 is 18.5 Å². The Hall–Kier alpha value is -1.23. The monoisotopic (exact) mass is 232 g/mol. The van der Waals surface area contributed by atoms with Crippen LogP contribution in [-0.4, -0.2) is 18.5 Å². The highest BCUT2D eigenvalue weighted by Gasteiger charge is 1.91. The molecule has 0 spiro atoms. The minimum atomic E-state index is -0.529. The van der Waals surface area contributed by atoms with E-state index in [1.165, 1.54) is 6.08 Å². The zero-order valence-corrected chi connectivity index (χ0v) is 9.66. The first-order chi connectivity index (χ1) is 7.12. The Morgan fingerprint density at radius 2 is 1.80 bits per heavy atom. The molecule has 0 rings (SSSR count). The fraction of sp³-hybridized carbons (Fsp3) is 0.400. The van der Waals surface area contributed by atoms with E-state index in [0.717, 1.165) is 18.9 Å². The van der Waals surface area contributed by atoms with Crippen molar-refractivity contribution in [3.05, 3.63) is 25.3 Å². The maximum atomic E-state index is 10.3. The highest BCUT2D eigenvalue weighted by atomic mass is 32.1. The third-order valence-corrected chi connectivity index (χ3v) is 1.35. The van der Waals surface area contributed by atoms with Gasteiger partial charge in [-0.05, 0) is 6.42 Å². The van der Waals surface area contributed by atoms with Crippen LogP contribution in [0.1, 0.15) is 19.8 Å². The summed E-state index contributed by atoms with van der Waals surface area (Å²) in [6.07, 6.45) is 4.19. The molecule has 0 aliphatic carbocycles. The van der Waals surface area contributed by atoms with Crippen LogP contribution in [0.4, 0.5) is 0 Å². The Labute approximate surface area is 95.6 Å². The van der Waals surface area contributed by atoms with Gasteiger partial charge in [0.25, 0.3) is 0 Å². The highest BCUT2D eigenvalue weighted by molar-refractivity contribution is 7.75. The van der Waals surface area contributed by atoms with Crippen LogP contribution in [0.5, 0.6) is 0 Å². The molecule has 0 aliphatic rings. The van der Waals surface area contributed by atoms with Gasteiger partial charge in [0.15, 0.2) is 0 Å². The summed E-state index contributed by atoms with van der Waals surface area (Å²) < 4.78 is 8.51. The molecule has 0 radical (unpaired) electrons. The standard InChI is InChI=1S/C7H12O2.C3H4O2S/c1-3-5-6-9-7(8)4-2;1-2-3(4)5-6/h4H,2-3,5-6H2,1H3;2,6H,1H2. The van der Waals surface area contributed by atoms with Crippen molar-refractivity contribution in [2.75, 3.05) is 6.61 Å². The SMILES string of the molecule is C=CC(=O)OCCCC.C=CC(=O)OS. The van der Waals surface area contributed by atoms with Crippen LogP contribution in [0.2, 0.25) is 0 Å². The summed E-state index contributed by atoms with van der Waals surface area (Å²) in [5.74, 6) is -0.859. The number of hydrogen-bond acceptors (Lipinski definition) is 5. The van der Waals surface area contributed by atoms with Crippen LogP contribution in [-0.2, 0) is 18.5 Å². The molecule has 0 aromatic rings. The summed E-state index contributed by atoms with van der Waals surface area (Å²) in [4.78, 5) is 20.1. The van der Waals surface area contributed by atoms with E-state index in [-0.39, 0.29) is 5.97 Å². The summed E-state index contributed by atoms with van der Waals surface area (Å²) in [5, 5.41) is 0. The summed E-state index contributed by atoms with van der Waals surface area (Å²) in [5.41, 5.74) is 0. The third kappa shape index (κ3) is 15.5. The minimum Gasteiger partial charge on any atom is -0.463 e. The Kier molecular flexibility index (Phi) is 13.8. The number of esters is 1. The lowest BCUT2D eigenvalue weighted by Crippen LogP contribution is -2.00. The van der Waals surface area contributed by atoms with E-state index in [9.17, 15) is 9.59 Å². The summed E-state index contributed by atoms with van der Waals surface area (Å²) in [7, 11) is 0. The van der Waals surface area contributed by atoms with Gasteiger partial charge in [0.05, 0.1) is 6.61 Å². The van der Waals surface area contributed by atoms with Gasteiger partial charge in [-0.25, -0.2) is 9.59 Å². The van der Waals surface area contributed by atoms with Crippen LogP contribution in [0.25, 0.3) is 0 Å². The van der Waals surface area contributed by atoms with Crippen LogP contribution in [0, 0.1) is 0 Å². The quantitative estimate of drug-likeness (QED) is 0.259. The van der Waals surface area contributed by atoms with Gasteiger partial charge in [0.1, 0.15) is 0 Å². The van der Waals surface area contributed by atoms with Crippen molar-refractivity contribution in [3.63, 3.8) is 0 Å². The topological polar surface area (TPSA) is 52.6 Å². The molecule has 0 saturated heterocycles. The fourth-order valence-electron chi connectivity index (χ4n) is 0.413. The van der Waals surface area contributed by atoms with Gasteiger partial charge in [-0.3, -0.25) is 0 Å². The number of hydrogen-bond donors (Lipinski definition) is 1. The van der Waals surface area contributed by atoms with Gasteiger partial charge < -0.3 is 8.92 Å². The third-order valence-electron chi connectivity index (χ3n) is 1.17. The fourth-order valence-corrected chi connectivity index (χ4v) is 0.488. The maximum Gasteiger partial charge on any atom is 0.341 e. The molecule has 0 heterocycles. The van der Waals surface area contributed by atoms with Gasteiger partial charge in [0.2, 0.25) is 0 Å². The van der Waals surface area contributed by atoms with Crippen molar-refractivity contribution in [1.82, 2.24) is 0 Å². The molecule has 0 aliphatic heterocycles. The molecule has 0 amide bonds. The molecular weight excluding hydrogens is 216 g/mol. The van der Waals surface area contributed by atoms with Crippen LogP contribution in [0.15, 0.2) is 25.3 Å². The minimum absolute atomic E-state index is 0.330. The first-order valence-corrected chi connectivity index (χ1v) is 4.75. The molecule has 4 nitrogen and oxygen atoms in total. The van der Waals surface area contributed by atoms with E-state index in [1.807, 2.05) is 6.92 Å². The predicted molar refractivity (Wildman–Crippen MR) is 61.3 cm³/mol. The molecule has 15 heavy (non-hydrogen) atoms. The van der Waals surface area contributed by atoms with E-state index in [0.29, 0.717) is 6.61 Å². The number of unbranched alkanes of at least 4 members (excludes halogenated alkanes) is 1. The van der Waals surface area contributed by atoms with Crippen molar-refractivity contribution >= 4 is 24.8 Å². The van der Waals surface area contributed by atoms with E-state index in [2.05, 4.69) is 35.0 Å². The molecule has 0 aromatic heterocycles. The normalized spacial score (nSPS) is 7.87. The molecule has 0 atom stereocenters. The molecule has 5 heteroatoms. The molecule has 0 aromatic carbocycles. The van der Waals surface area contributed by atoms with Crippen molar-refractivity contribution in [1.29, 1.82) is 0 Å². The van der Waals surface area contributed by atoms with Gasteiger partial charge in [-0.2, -0.15) is 0 Å². The lowest BCUT2D eigenvalue weighted by atomic mass is 10.4. The lowest BCUT2D eigenvalue weighted by molar-refractivity contribution is -0.137. The van der Waals surface area contributed by atoms with Gasteiger partial charge in [-0.15, -0.1) is 0 Å². The highest BCUT2D eigenvalue weighted by Crippen LogP contribution is 1.88. The maximum absolute atomic E-state index is 10.3. The average Bonchev–Trinajstić information content (AvgIpc) is 2.28. The summed E-state index contributed by atoms with van der Waals surface area (Å²) in [6.45, 7) is 8.93. The van der Waals surface area contributed by atoms with E-state index in [4.69, 9.17) is 0 Å².